The van der Waals surface area contributed by atoms with Gasteiger partial charge in [0.2, 0.25) is 0 Å². The third-order valence-electron chi connectivity index (χ3n) is 11.6. The minimum absolute atomic E-state index is 0.00934. The number of rotatable bonds is 6. The van der Waals surface area contributed by atoms with E-state index >= 15 is 0 Å². The Hall–Kier alpha value is -2.19. The largest absolute Gasteiger partial charge is 0.469 e. The lowest BCUT2D eigenvalue weighted by Crippen LogP contribution is -2.64. The summed E-state index contributed by atoms with van der Waals surface area (Å²) in [7, 11) is 1.27. The van der Waals surface area contributed by atoms with Gasteiger partial charge in [0.15, 0.2) is 5.78 Å². The van der Waals surface area contributed by atoms with Gasteiger partial charge < -0.3 is 14.9 Å². The van der Waals surface area contributed by atoms with Gasteiger partial charge in [-0.1, -0.05) is 41.5 Å². The van der Waals surface area contributed by atoms with Crippen molar-refractivity contribution < 1.29 is 38.9 Å². The molecule has 2 saturated carbocycles. The van der Waals surface area contributed by atoms with Gasteiger partial charge in [0.05, 0.1) is 24.5 Å². The maximum absolute atomic E-state index is 14.2. The number of hydrogen-bond acceptors (Lipinski definition) is 8. The first kappa shape index (κ1) is 29.8. The monoisotopic (exact) mass is 544 g/mol. The number of carbonyl (C=O) groups excluding carboxylic acids is 5. The summed E-state index contributed by atoms with van der Waals surface area (Å²) in [5.74, 6) is -2.87. The minimum Gasteiger partial charge on any atom is -0.469 e. The topological polar surface area (TPSA) is 135 Å². The maximum atomic E-state index is 14.2. The number of ether oxygens (including phenoxy) is 1. The molecule has 0 aliphatic heterocycles. The molecular weight excluding hydrogens is 500 g/mol. The quantitative estimate of drug-likeness (QED) is 0.486. The van der Waals surface area contributed by atoms with E-state index in [0.717, 1.165) is 0 Å². The van der Waals surface area contributed by atoms with E-state index in [4.69, 9.17) is 4.74 Å². The summed E-state index contributed by atoms with van der Waals surface area (Å²) < 4.78 is 4.73. The predicted octanol–water partition coefficient (Wildman–Crippen LogP) is 3.40. The number of Topliss-reactive ketones (excluding diaryl/α,β-unsaturated/α-hetero) is 4. The Morgan fingerprint density at radius 1 is 1.00 bits per heavy atom. The van der Waals surface area contributed by atoms with E-state index in [1.165, 1.54) is 7.11 Å². The maximum Gasteiger partial charge on any atom is 0.308 e. The van der Waals surface area contributed by atoms with Crippen LogP contribution in [-0.2, 0) is 28.7 Å². The van der Waals surface area contributed by atoms with Gasteiger partial charge >= 0.3 is 5.97 Å². The highest BCUT2D eigenvalue weighted by Crippen LogP contribution is 2.70. The number of hydrogen-bond donors (Lipinski definition) is 2. The van der Waals surface area contributed by atoms with Crippen LogP contribution in [0.3, 0.4) is 0 Å². The van der Waals surface area contributed by atoms with E-state index < -0.39 is 57.5 Å². The van der Waals surface area contributed by atoms with Crippen LogP contribution < -0.4 is 0 Å². The van der Waals surface area contributed by atoms with Crippen molar-refractivity contribution in [2.75, 3.05) is 7.11 Å². The van der Waals surface area contributed by atoms with Gasteiger partial charge in [0, 0.05) is 47.5 Å². The van der Waals surface area contributed by atoms with Crippen molar-refractivity contribution in [3.63, 3.8) is 0 Å². The number of esters is 1. The first-order valence-corrected chi connectivity index (χ1v) is 14.2. The van der Waals surface area contributed by atoms with Crippen molar-refractivity contribution in [1.82, 2.24) is 0 Å². The molecule has 4 rings (SSSR count). The summed E-state index contributed by atoms with van der Waals surface area (Å²) in [6, 6.07) is 0. The van der Waals surface area contributed by atoms with Gasteiger partial charge in [0.25, 0.3) is 0 Å². The van der Waals surface area contributed by atoms with E-state index in [-0.39, 0.29) is 54.9 Å². The second kappa shape index (κ2) is 9.44. The number of methoxy groups -OCH3 is 1. The summed E-state index contributed by atoms with van der Waals surface area (Å²) in [5.41, 5.74) is -3.28. The average molecular weight is 545 g/mol. The molecule has 0 radical (unpaired) electrons. The number of carbonyl (C=O) groups is 5. The molecule has 9 atom stereocenters. The summed E-state index contributed by atoms with van der Waals surface area (Å²) in [5, 5.41) is 23.4. The summed E-state index contributed by atoms with van der Waals surface area (Å²) in [4.78, 5) is 65.7. The zero-order chi connectivity index (χ0) is 29.5. The van der Waals surface area contributed by atoms with E-state index in [9.17, 15) is 34.2 Å². The number of aliphatic hydroxyl groups excluding tert-OH is 2. The lowest BCUT2D eigenvalue weighted by Gasteiger charge is -2.61. The highest BCUT2D eigenvalue weighted by atomic mass is 16.5. The molecule has 2 fully saturated rings. The standard InChI is InChI=1S/C31H44O8/c1-15(11-17(32)12-16(2)27(38)39-8)18-13-22(35)31(7)23-19(33)14-20-28(3,4)21(34)9-10-29(20,5)24(23)25(36)26(37)30(18,31)6/h15-16,18-20,26,33,37H,9-14H2,1-8H3/t15-,16+,18+,19-,20-,26+,29-,30-,31-/m0/s1. The first-order chi connectivity index (χ1) is 17.9. The SMILES string of the molecule is COC(=O)[C@H](C)CC(=O)C[C@H](C)[C@H]1CC(=O)[C@@]2(C)C3=C(C(=O)[C@@H](O)[C@]12C)[C@@]1(C)CCC(=O)C(C)(C)[C@@H]1C[C@@H]3O. The molecule has 0 aromatic rings. The molecule has 8 heteroatoms. The smallest absolute Gasteiger partial charge is 0.308 e. The first-order valence-electron chi connectivity index (χ1n) is 14.2. The normalized spacial score (nSPS) is 40.9. The van der Waals surface area contributed by atoms with E-state index in [1.54, 1.807) is 20.8 Å². The van der Waals surface area contributed by atoms with Crippen LogP contribution in [0.1, 0.15) is 87.0 Å². The van der Waals surface area contributed by atoms with Gasteiger partial charge in [-0.05, 0) is 43.1 Å². The van der Waals surface area contributed by atoms with Crippen molar-refractivity contribution in [1.29, 1.82) is 0 Å². The summed E-state index contributed by atoms with van der Waals surface area (Å²) in [6.07, 6.45) is -1.42. The number of aliphatic hydroxyl groups is 2. The van der Waals surface area contributed by atoms with Gasteiger partial charge in [-0.25, -0.2) is 0 Å². The molecule has 8 nitrogen and oxygen atoms in total. The van der Waals surface area contributed by atoms with Gasteiger partial charge in [-0.3, -0.25) is 24.0 Å². The highest BCUT2D eigenvalue weighted by Gasteiger charge is 2.73. The molecule has 216 valence electrons. The van der Waals surface area contributed by atoms with Crippen LogP contribution in [0.15, 0.2) is 11.1 Å². The summed E-state index contributed by atoms with van der Waals surface area (Å²) >= 11 is 0. The Kier molecular flexibility index (Phi) is 7.21. The van der Waals surface area contributed by atoms with E-state index in [0.29, 0.717) is 24.0 Å². The fourth-order valence-electron chi connectivity index (χ4n) is 9.14. The Labute approximate surface area is 230 Å². The van der Waals surface area contributed by atoms with E-state index in [2.05, 4.69) is 0 Å². The second-order valence-electron chi connectivity index (χ2n) is 13.9. The minimum atomic E-state index is -1.49. The molecule has 0 bridgehead atoms. The Morgan fingerprint density at radius 2 is 1.62 bits per heavy atom. The number of ketones is 4. The van der Waals surface area contributed by atoms with Crippen LogP contribution in [0.2, 0.25) is 0 Å². The average Bonchev–Trinajstić information content (AvgIpc) is 3.07. The Morgan fingerprint density at radius 3 is 2.21 bits per heavy atom. The third kappa shape index (κ3) is 3.87. The highest BCUT2D eigenvalue weighted by molar-refractivity contribution is 6.08. The van der Waals surface area contributed by atoms with Gasteiger partial charge in [-0.2, -0.15) is 0 Å². The zero-order valence-electron chi connectivity index (χ0n) is 24.6. The molecule has 0 aromatic carbocycles. The van der Waals surface area contributed by atoms with Crippen molar-refractivity contribution in [3.05, 3.63) is 11.1 Å². The van der Waals surface area contributed by atoms with Gasteiger partial charge in [-0.15, -0.1) is 0 Å². The van der Waals surface area contributed by atoms with Crippen molar-refractivity contribution in [3.8, 4) is 0 Å². The molecule has 0 amide bonds. The number of fused-ring (bicyclic) bond motifs is 4. The molecular formula is C31H44O8. The van der Waals surface area contributed by atoms with Crippen molar-refractivity contribution in [2.24, 2.45) is 45.3 Å². The molecule has 0 unspecified atom stereocenters. The van der Waals surface area contributed by atoms with Crippen molar-refractivity contribution >= 4 is 29.1 Å². The fourth-order valence-corrected chi connectivity index (χ4v) is 9.14. The molecule has 0 spiro atoms. The van der Waals surface area contributed by atoms with Crippen LogP contribution in [-0.4, -0.2) is 58.6 Å². The van der Waals surface area contributed by atoms with Crippen LogP contribution in [0.4, 0.5) is 0 Å². The Bertz CT molecular complexity index is 1170. The van der Waals surface area contributed by atoms with E-state index in [1.807, 2.05) is 27.7 Å². The molecule has 0 heterocycles. The predicted molar refractivity (Wildman–Crippen MR) is 142 cm³/mol. The molecule has 0 aromatic heterocycles. The summed E-state index contributed by atoms with van der Waals surface area (Å²) in [6.45, 7) is 12.7. The Balaban J connectivity index is 1.77. The fraction of sp³-hybridized carbons (Fsp3) is 0.774. The molecule has 2 N–H and O–H groups in total. The zero-order valence-corrected chi connectivity index (χ0v) is 24.6. The lowest BCUT2D eigenvalue weighted by atomic mass is 9.42. The third-order valence-corrected chi connectivity index (χ3v) is 11.6. The second-order valence-corrected chi connectivity index (χ2v) is 13.9. The van der Waals surface area contributed by atoms with Crippen LogP contribution >= 0.6 is 0 Å². The van der Waals surface area contributed by atoms with Gasteiger partial charge in [0.1, 0.15) is 23.5 Å². The van der Waals surface area contributed by atoms with Crippen LogP contribution in [0.5, 0.6) is 0 Å². The molecule has 39 heavy (non-hydrogen) atoms. The lowest BCUT2D eigenvalue weighted by molar-refractivity contribution is -0.158. The molecule has 4 aliphatic carbocycles. The van der Waals surface area contributed by atoms with Crippen LogP contribution in [0.25, 0.3) is 0 Å². The van der Waals surface area contributed by atoms with Crippen LogP contribution in [0, 0.1) is 45.3 Å². The van der Waals surface area contributed by atoms with Crippen molar-refractivity contribution in [2.45, 2.75) is 99.2 Å². The molecule has 0 saturated heterocycles. The molecule has 4 aliphatic rings.